The standard InChI is InChI=1S/C31H41N3O7S/c1-8-39-28(36)22-16-34-24(18(2)3)12-19-13-27(40-11-9-10-38-7)21(14-20(19)25(34)15-26(22)35)23-17-42-29(32-23)33-30(37)41-31(4,5)6/h13-14,16-18,24-25H,8-12,15H2,1-7H3,(H,32,33,37). The van der Waals surface area contributed by atoms with Crippen LogP contribution in [0.25, 0.3) is 11.3 Å². The molecule has 1 amide bonds. The summed E-state index contributed by atoms with van der Waals surface area (Å²) < 4.78 is 22.0. The molecule has 2 atom stereocenters. The highest BCUT2D eigenvalue weighted by Gasteiger charge is 2.41. The fourth-order valence-electron chi connectivity index (χ4n) is 5.26. The van der Waals surface area contributed by atoms with Crippen molar-refractivity contribution in [2.75, 3.05) is 32.2 Å². The number of anilines is 1. The molecule has 2 unspecified atom stereocenters. The number of methoxy groups -OCH3 is 1. The smallest absolute Gasteiger partial charge is 0.413 e. The summed E-state index contributed by atoms with van der Waals surface area (Å²) >= 11 is 1.29. The first-order chi connectivity index (χ1) is 19.9. The fraction of sp³-hybridized carbons (Fsp3) is 0.548. The van der Waals surface area contributed by atoms with Gasteiger partial charge in [-0.25, -0.2) is 14.6 Å². The average molecular weight is 600 g/mol. The van der Waals surface area contributed by atoms with Crippen LogP contribution in [0.4, 0.5) is 9.93 Å². The van der Waals surface area contributed by atoms with Gasteiger partial charge in [0.15, 0.2) is 10.9 Å². The zero-order chi connectivity index (χ0) is 30.6. The van der Waals surface area contributed by atoms with Crippen molar-refractivity contribution in [2.24, 2.45) is 5.92 Å². The number of amides is 1. The third-order valence-corrected chi connectivity index (χ3v) is 7.89. The summed E-state index contributed by atoms with van der Waals surface area (Å²) in [5.41, 5.74) is 2.95. The van der Waals surface area contributed by atoms with Crippen molar-refractivity contribution in [3.05, 3.63) is 40.4 Å². The number of aromatic nitrogens is 1. The number of rotatable bonds is 10. The lowest BCUT2D eigenvalue weighted by atomic mass is 9.79. The number of Topliss-reactive ketones (excluding diaryl/α,β-unsaturated/α-hetero) is 1. The molecule has 0 saturated heterocycles. The predicted molar refractivity (Wildman–Crippen MR) is 161 cm³/mol. The van der Waals surface area contributed by atoms with Crippen molar-refractivity contribution in [1.82, 2.24) is 9.88 Å². The number of carbonyl (C=O) groups excluding carboxylic acids is 3. The van der Waals surface area contributed by atoms with Gasteiger partial charge in [0.25, 0.3) is 0 Å². The number of ether oxygens (including phenoxy) is 4. The summed E-state index contributed by atoms with van der Waals surface area (Å²) in [6.07, 6.45) is 2.72. The van der Waals surface area contributed by atoms with Crippen LogP contribution in [-0.4, -0.2) is 66.3 Å². The van der Waals surface area contributed by atoms with Crippen LogP contribution in [-0.2, 0) is 30.2 Å². The quantitative estimate of drug-likeness (QED) is 0.202. The first-order valence-corrected chi connectivity index (χ1v) is 15.2. The Morgan fingerprint density at radius 1 is 1.19 bits per heavy atom. The Bertz CT molecular complexity index is 1340. The van der Waals surface area contributed by atoms with Crippen LogP contribution in [0.3, 0.4) is 0 Å². The van der Waals surface area contributed by atoms with Crippen LogP contribution in [0.2, 0.25) is 0 Å². The minimum absolute atomic E-state index is 0.0797. The molecule has 0 bridgehead atoms. The largest absolute Gasteiger partial charge is 0.493 e. The van der Waals surface area contributed by atoms with Gasteiger partial charge in [-0.3, -0.25) is 10.1 Å². The van der Waals surface area contributed by atoms with Gasteiger partial charge in [0.2, 0.25) is 0 Å². The molecule has 10 nitrogen and oxygen atoms in total. The van der Waals surface area contributed by atoms with E-state index in [2.05, 4.69) is 35.1 Å². The summed E-state index contributed by atoms with van der Waals surface area (Å²) in [5.74, 6) is 0.130. The molecule has 0 saturated carbocycles. The lowest BCUT2D eigenvalue weighted by molar-refractivity contribution is -0.140. The van der Waals surface area contributed by atoms with Crippen molar-refractivity contribution in [1.29, 1.82) is 0 Å². The van der Waals surface area contributed by atoms with Crippen LogP contribution in [0.1, 0.15) is 71.6 Å². The Hall–Kier alpha value is -3.44. The van der Waals surface area contributed by atoms with E-state index in [1.54, 1.807) is 41.0 Å². The number of ketones is 1. The van der Waals surface area contributed by atoms with Crippen molar-refractivity contribution in [2.45, 2.75) is 78.5 Å². The first kappa shape index (κ1) is 31.5. The lowest BCUT2D eigenvalue weighted by Gasteiger charge is -2.47. The second-order valence-electron chi connectivity index (χ2n) is 11.8. The molecule has 0 aliphatic carbocycles. The van der Waals surface area contributed by atoms with E-state index in [4.69, 9.17) is 18.9 Å². The maximum Gasteiger partial charge on any atom is 0.413 e. The monoisotopic (exact) mass is 599 g/mol. The third-order valence-electron chi connectivity index (χ3n) is 7.13. The zero-order valence-corrected chi connectivity index (χ0v) is 26.3. The molecule has 11 heteroatoms. The number of esters is 1. The van der Waals surface area contributed by atoms with Crippen molar-refractivity contribution < 1.29 is 33.3 Å². The van der Waals surface area contributed by atoms with Gasteiger partial charge in [-0.15, -0.1) is 11.3 Å². The number of benzene rings is 1. The number of nitrogens with one attached hydrogen (secondary N) is 1. The molecule has 1 aromatic heterocycles. The van der Waals surface area contributed by atoms with Crippen LogP contribution in [0.5, 0.6) is 5.75 Å². The van der Waals surface area contributed by atoms with E-state index in [0.717, 1.165) is 29.5 Å². The van der Waals surface area contributed by atoms with Gasteiger partial charge in [-0.1, -0.05) is 13.8 Å². The van der Waals surface area contributed by atoms with Gasteiger partial charge in [0.05, 0.1) is 24.9 Å². The van der Waals surface area contributed by atoms with E-state index in [9.17, 15) is 14.4 Å². The number of nitrogens with zero attached hydrogens (tertiary/aromatic N) is 2. The summed E-state index contributed by atoms with van der Waals surface area (Å²) in [6, 6.07) is 3.93. The lowest BCUT2D eigenvalue weighted by Crippen LogP contribution is -2.47. The Morgan fingerprint density at radius 3 is 2.62 bits per heavy atom. The fourth-order valence-corrected chi connectivity index (χ4v) is 5.96. The molecular weight excluding hydrogens is 558 g/mol. The second kappa shape index (κ2) is 13.2. The van der Waals surface area contributed by atoms with E-state index in [0.29, 0.717) is 29.8 Å². The van der Waals surface area contributed by atoms with E-state index < -0.39 is 17.7 Å². The van der Waals surface area contributed by atoms with Crippen molar-refractivity contribution in [3.8, 4) is 17.0 Å². The van der Waals surface area contributed by atoms with Crippen LogP contribution in [0, 0.1) is 5.92 Å². The molecule has 1 aromatic carbocycles. The molecule has 228 valence electrons. The Kier molecular flexibility index (Phi) is 9.93. The van der Waals surface area contributed by atoms with Crippen LogP contribution < -0.4 is 10.1 Å². The molecule has 42 heavy (non-hydrogen) atoms. The Labute approximate surface area is 251 Å². The van der Waals surface area contributed by atoms with E-state index in [-0.39, 0.29) is 42.4 Å². The van der Waals surface area contributed by atoms with E-state index >= 15 is 0 Å². The van der Waals surface area contributed by atoms with Gasteiger partial charge in [-0.05, 0) is 63.3 Å². The predicted octanol–water partition coefficient (Wildman–Crippen LogP) is 5.92. The minimum atomic E-state index is -0.634. The highest BCUT2D eigenvalue weighted by atomic mass is 32.1. The van der Waals surface area contributed by atoms with Crippen LogP contribution in [0.15, 0.2) is 29.3 Å². The SMILES string of the molecule is CCOC(=O)C1=CN2C(CC1=O)c1cc(-c3csc(NC(=O)OC(C)(C)C)n3)c(OCCCOC)cc1CC2C(C)C. The molecule has 0 radical (unpaired) electrons. The summed E-state index contributed by atoms with van der Waals surface area (Å²) in [6.45, 7) is 12.7. The molecule has 2 aliphatic rings. The number of hydrogen-bond donors (Lipinski definition) is 1. The molecule has 4 rings (SSSR count). The zero-order valence-electron chi connectivity index (χ0n) is 25.4. The van der Waals surface area contributed by atoms with Gasteiger partial charge in [-0.2, -0.15) is 0 Å². The van der Waals surface area contributed by atoms with Crippen LogP contribution >= 0.6 is 11.3 Å². The van der Waals surface area contributed by atoms with E-state index in [1.807, 2.05) is 11.4 Å². The number of fused-ring (bicyclic) bond motifs is 3. The highest BCUT2D eigenvalue weighted by Crippen LogP contribution is 2.45. The Morgan fingerprint density at radius 2 is 1.95 bits per heavy atom. The maximum absolute atomic E-state index is 13.2. The van der Waals surface area contributed by atoms with Gasteiger partial charge in [0.1, 0.15) is 16.9 Å². The minimum Gasteiger partial charge on any atom is -0.493 e. The highest BCUT2D eigenvalue weighted by molar-refractivity contribution is 7.14. The van der Waals surface area contributed by atoms with Gasteiger partial charge < -0.3 is 23.8 Å². The molecule has 1 N–H and O–H groups in total. The third kappa shape index (κ3) is 7.30. The first-order valence-electron chi connectivity index (χ1n) is 14.4. The second-order valence-corrected chi connectivity index (χ2v) is 12.6. The molecule has 2 aliphatic heterocycles. The topological polar surface area (TPSA) is 116 Å². The van der Waals surface area contributed by atoms with Crippen molar-refractivity contribution in [3.63, 3.8) is 0 Å². The summed E-state index contributed by atoms with van der Waals surface area (Å²) in [7, 11) is 1.66. The van der Waals surface area contributed by atoms with Gasteiger partial charge >= 0.3 is 12.1 Å². The molecule has 0 fully saturated rings. The number of hydrogen-bond acceptors (Lipinski definition) is 10. The normalized spacial score (nSPS) is 18.2. The average Bonchev–Trinajstić information content (AvgIpc) is 3.36. The van der Waals surface area contributed by atoms with Gasteiger partial charge in [0, 0.05) is 49.7 Å². The Balaban J connectivity index is 1.74. The number of carbonyl (C=O) groups is 3. The molecular formula is C31H41N3O7S. The molecule has 3 heterocycles. The maximum atomic E-state index is 13.2. The summed E-state index contributed by atoms with van der Waals surface area (Å²) in [5, 5.41) is 4.97. The van der Waals surface area contributed by atoms with E-state index in [1.165, 1.54) is 11.3 Å². The molecule has 0 spiro atoms. The van der Waals surface area contributed by atoms with Crippen molar-refractivity contribution >= 4 is 34.3 Å². The molecule has 2 aromatic rings. The number of thiazole rings is 1. The summed E-state index contributed by atoms with van der Waals surface area (Å²) in [4.78, 5) is 44.9.